The Morgan fingerprint density at radius 1 is 1.03 bits per heavy atom. The predicted octanol–water partition coefficient (Wildman–Crippen LogP) is 3.99. The first-order valence-corrected chi connectivity index (χ1v) is 12.5. The number of carbonyl (C=O) groups excluding carboxylic acids is 3. The molecule has 3 atom stereocenters. The molecule has 0 saturated carbocycles. The molecule has 1 aromatic heterocycles. The summed E-state index contributed by atoms with van der Waals surface area (Å²) >= 11 is 0. The molecule has 2 rings (SSSR count). The molecule has 1 heterocycles. The molecule has 37 heavy (non-hydrogen) atoms. The molecular weight excluding hydrogens is 476 g/mol. The van der Waals surface area contributed by atoms with Crippen LogP contribution in [0.5, 0.6) is 11.5 Å². The number of methoxy groups -OCH3 is 1. The Morgan fingerprint density at radius 3 is 2.35 bits per heavy atom. The van der Waals surface area contributed by atoms with Crippen molar-refractivity contribution in [2.45, 2.75) is 59.6 Å². The van der Waals surface area contributed by atoms with E-state index in [4.69, 9.17) is 18.9 Å². The zero-order valence-electron chi connectivity index (χ0n) is 22.5. The van der Waals surface area contributed by atoms with E-state index in [9.17, 15) is 14.4 Å². The quantitative estimate of drug-likeness (QED) is 0.297. The second-order valence-electron chi connectivity index (χ2n) is 9.33. The average Bonchev–Trinajstić information content (AvgIpc) is 2.85. The fraction of sp³-hybridized carbons (Fsp3) is 0.500. The Hall–Kier alpha value is -3.46. The molecule has 0 radical (unpaired) electrons. The maximum atomic E-state index is 12.9. The lowest BCUT2D eigenvalue weighted by Gasteiger charge is -2.26. The summed E-state index contributed by atoms with van der Waals surface area (Å²) in [5.74, 6) is -1.43. The van der Waals surface area contributed by atoms with Gasteiger partial charge in [-0.25, -0.2) is 9.78 Å². The average molecular weight is 515 g/mol. The Labute approximate surface area is 218 Å². The molecule has 0 bridgehead atoms. The van der Waals surface area contributed by atoms with Gasteiger partial charge in [-0.1, -0.05) is 44.2 Å². The number of benzene rings is 1. The normalized spacial score (nSPS) is 13.4. The van der Waals surface area contributed by atoms with Crippen molar-refractivity contribution in [2.75, 3.05) is 20.3 Å². The van der Waals surface area contributed by atoms with Crippen LogP contribution in [0.3, 0.4) is 0 Å². The first-order chi connectivity index (χ1) is 17.6. The molecule has 0 spiro atoms. The van der Waals surface area contributed by atoms with Gasteiger partial charge >= 0.3 is 11.9 Å². The number of pyridine rings is 1. The van der Waals surface area contributed by atoms with Crippen LogP contribution in [0.25, 0.3) is 0 Å². The van der Waals surface area contributed by atoms with E-state index >= 15 is 0 Å². The molecule has 1 N–H and O–H groups in total. The lowest BCUT2D eigenvalue weighted by molar-refractivity contribution is -0.153. The number of ether oxygens (including phenoxy) is 4. The largest absolute Gasteiger partial charge is 0.493 e. The summed E-state index contributed by atoms with van der Waals surface area (Å²) in [7, 11) is 1.38. The second-order valence-corrected chi connectivity index (χ2v) is 9.33. The summed E-state index contributed by atoms with van der Waals surface area (Å²) in [5, 5.41) is 2.57. The van der Waals surface area contributed by atoms with Crippen molar-refractivity contribution in [3.05, 3.63) is 53.9 Å². The molecule has 0 unspecified atom stereocenters. The van der Waals surface area contributed by atoms with Gasteiger partial charge in [0.1, 0.15) is 12.1 Å². The van der Waals surface area contributed by atoms with E-state index in [1.807, 2.05) is 37.3 Å². The zero-order valence-corrected chi connectivity index (χ0v) is 22.5. The van der Waals surface area contributed by atoms with Gasteiger partial charge in [-0.05, 0) is 38.2 Å². The third-order valence-corrected chi connectivity index (χ3v) is 5.73. The number of rotatable bonds is 14. The highest BCUT2D eigenvalue weighted by Crippen LogP contribution is 2.29. The van der Waals surface area contributed by atoms with E-state index < -0.39 is 30.0 Å². The predicted molar refractivity (Wildman–Crippen MR) is 138 cm³/mol. The first kappa shape index (κ1) is 29.8. The van der Waals surface area contributed by atoms with Crippen LogP contribution in [-0.4, -0.2) is 55.3 Å². The van der Waals surface area contributed by atoms with Crippen LogP contribution in [0.4, 0.5) is 0 Å². The summed E-state index contributed by atoms with van der Waals surface area (Å²) in [6.45, 7) is 9.90. The summed E-state index contributed by atoms with van der Waals surface area (Å²) in [6, 6.07) is 10.4. The smallest absolute Gasteiger partial charge is 0.328 e. The van der Waals surface area contributed by atoms with Crippen molar-refractivity contribution in [3.63, 3.8) is 0 Å². The molecule has 2 aromatic rings. The van der Waals surface area contributed by atoms with E-state index in [2.05, 4.69) is 24.1 Å². The lowest BCUT2D eigenvalue weighted by atomic mass is 9.95. The maximum Gasteiger partial charge on any atom is 0.328 e. The number of hydrogen-bond donors (Lipinski definition) is 1. The van der Waals surface area contributed by atoms with Gasteiger partial charge in [0.05, 0.1) is 13.7 Å². The Bertz CT molecular complexity index is 1030. The van der Waals surface area contributed by atoms with Gasteiger partial charge in [0.15, 0.2) is 11.4 Å². The molecule has 0 aliphatic rings. The summed E-state index contributed by atoms with van der Waals surface area (Å²) in [6.07, 6.45) is 2.51. The molecular formula is C28H38N2O7. The fourth-order valence-corrected chi connectivity index (χ4v) is 3.53. The molecule has 9 heteroatoms. The SMILES string of the molecule is COc1ccnc(C(=O)N[C@@H](C)C(=O)O[C@@H](C)[C@@H](COCCC(C)C)Cc2ccccc2)c1OC(C)=O. The van der Waals surface area contributed by atoms with Gasteiger partial charge in [0.2, 0.25) is 5.75 Å². The van der Waals surface area contributed by atoms with Crippen molar-refractivity contribution >= 4 is 17.8 Å². The highest BCUT2D eigenvalue weighted by atomic mass is 16.6. The zero-order chi connectivity index (χ0) is 27.4. The van der Waals surface area contributed by atoms with E-state index in [0.29, 0.717) is 25.6 Å². The monoisotopic (exact) mass is 514 g/mol. The molecule has 1 aromatic carbocycles. The third kappa shape index (κ3) is 9.84. The van der Waals surface area contributed by atoms with E-state index in [0.717, 1.165) is 12.0 Å². The van der Waals surface area contributed by atoms with Crippen LogP contribution in [0.2, 0.25) is 0 Å². The molecule has 202 valence electrons. The summed E-state index contributed by atoms with van der Waals surface area (Å²) in [4.78, 5) is 41.3. The van der Waals surface area contributed by atoms with Crippen LogP contribution in [0.15, 0.2) is 42.6 Å². The van der Waals surface area contributed by atoms with Crippen LogP contribution < -0.4 is 14.8 Å². The molecule has 0 fully saturated rings. The fourth-order valence-electron chi connectivity index (χ4n) is 3.53. The van der Waals surface area contributed by atoms with E-state index in [-0.39, 0.29) is 23.1 Å². The van der Waals surface area contributed by atoms with Crippen LogP contribution in [0.1, 0.15) is 57.1 Å². The molecule has 1 amide bonds. The Morgan fingerprint density at radius 2 is 1.73 bits per heavy atom. The number of carbonyl (C=O) groups is 3. The minimum absolute atomic E-state index is 0.0722. The summed E-state index contributed by atoms with van der Waals surface area (Å²) < 4.78 is 21.9. The number of aromatic nitrogens is 1. The molecule has 9 nitrogen and oxygen atoms in total. The van der Waals surface area contributed by atoms with Crippen molar-refractivity contribution in [2.24, 2.45) is 11.8 Å². The second kappa shape index (κ2) is 14.9. The van der Waals surface area contributed by atoms with Crippen molar-refractivity contribution in [1.82, 2.24) is 10.3 Å². The van der Waals surface area contributed by atoms with Crippen LogP contribution in [-0.2, 0) is 25.5 Å². The van der Waals surface area contributed by atoms with Crippen LogP contribution in [0, 0.1) is 11.8 Å². The summed E-state index contributed by atoms with van der Waals surface area (Å²) in [5.41, 5.74) is 0.939. The standard InChI is InChI=1S/C28H38N2O7/c1-18(2)13-15-35-17-23(16-22-10-8-7-9-11-22)20(4)36-28(33)19(3)30-27(32)25-26(37-21(5)31)24(34-6)12-14-29-25/h7-12,14,18-20,23H,13,15-17H2,1-6H3,(H,30,32)/t19-,20-,23+/m0/s1. The van der Waals surface area contributed by atoms with Gasteiger partial charge in [-0.15, -0.1) is 0 Å². The maximum absolute atomic E-state index is 12.9. The van der Waals surface area contributed by atoms with Crippen molar-refractivity contribution < 1.29 is 33.3 Å². The van der Waals surface area contributed by atoms with Gasteiger partial charge < -0.3 is 24.3 Å². The highest BCUT2D eigenvalue weighted by molar-refractivity contribution is 5.98. The first-order valence-electron chi connectivity index (χ1n) is 12.5. The number of nitrogens with zero attached hydrogens (tertiary/aromatic N) is 1. The Kier molecular flexibility index (Phi) is 12.0. The van der Waals surface area contributed by atoms with Gasteiger partial charge in [-0.2, -0.15) is 0 Å². The molecule has 0 aliphatic heterocycles. The number of esters is 2. The van der Waals surface area contributed by atoms with Gasteiger partial charge in [0, 0.05) is 31.7 Å². The topological polar surface area (TPSA) is 113 Å². The highest BCUT2D eigenvalue weighted by Gasteiger charge is 2.28. The van der Waals surface area contributed by atoms with Crippen molar-refractivity contribution in [3.8, 4) is 11.5 Å². The van der Waals surface area contributed by atoms with Gasteiger partial charge in [-0.3, -0.25) is 9.59 Å². The third-order valence-electron chi connectivity index (χ3n) is 5.73. The number of hydrogen-bond acceptors (Lipinski definition) is 8. The van der Waals surface area contributed by atoms with Gasteiger partial charge in [0.25, 0.3) is 5.91 Å². The van der Waals surface area contributed by atoms with Crippen LogP contribution >= 0.6 is 0 Å². The van der Waals surface area contributed by atoms with E-state index in [1.165, 1.54) is 33.2 Å². The minimum Gasteiger partial charge on any atom is -0.493 e. The van der Waals surface area contributed by atoms with Crippen molar-refractivity contribution in [1.29, 1.82) is 0 Å². The number of amides is 1. The van der Waals surface area contributed by atoms with E-state index in [1.54, 1.807) is 0 Å². The minimum atomic E-state index is -0.979. The lowest BCUT2D eigenvalue weighted by Crippen LogP contribution is -2.42. The Balaban J connectivity index is 2.06. The molecule has 0 aliphatic carbocycles. The number of nitrogens with one attached hydrogen (secondary N) is 1. The molecule has 0 saturated heterocycles.